The third-order valence-corrected chi connectivity index (χ3v) is 6.02. The van der Waals surface area contributed by atoms with Gasteiger partial charge in [-0.05, 0) is 62.6 Å². The average molecular weight is 342 g/mol. The second-order valence-corrected chi connectivity index (χ2v) is 7.48. The van der Waals surface area contributed by atoms with E-state index in [2.05, 4.69) is 10.3 Å². The molecule has 0 aliphatic carbocycles. The molecule has 0 atom stereocenters. The Hall–Kier alpha value is -2.13. The molecule has 3 heterocycles. The molecule has 134 valence electrons. The van der Waals surface area contributed by atoms with Gasteiger partial charge in [-0.15, -0.1) is 0 Å². The quantitative estimate of drug-likeness (QED) is 0.869. The predicted molar refractivity (Wildman–Crippen MR) is 95.3 cm³/mol. The van der Waals surface area contributed by atoms with E-state index < -0.39 is 0 Å². The smallest absolute Gasteiger partial charge is 0.266 e. The van der Waals surface area contributed by atoms with E-state index in [9.17, 15) is 9.59 Å². The van der Waals surface area contributed by atoms with E-state index in [1.807, 2.05) is 17.9 Å². The second kappa shape index (κ2) is 7.01. The van der Waals surface area contributed by atoms with E-state index in [1.165, 1.54) is 6.42 Å². The molecule has 1 aromatic heterocycles. The van der Waals surface area contributed by atoms with Crippen molar-refractivity contribution in [1.29, 1.82) is 5.26 Å². The van der Waals surface area contributed by atoms with Crippen LogP contribution in [0.15, 0.2) is 4.79 Å². The largest absolute Gasteiger partial charge is 0.343 e. The lowest BCUT2D eigenvalue weighted by molar-refractivity contribution is -0.133. The summed E-state index contributed by atoms with van der Waals surface area (Å²) in [6.45, 7) is 7.48. The molecule has 25 heavy (non-hydrogen) atoms. The number of aromatic amines is 1. The van der Waals surface area contributed by atoms with Crippen LogP contribution in [0.25, 0.3) is 0 Å². The third kappa shape index (κ3) is 3.47. The predicted octanol–water partition coefficient (Wildman–Crippen LogP) is 1.40. The van der Waals surface area contributed by atoms with Crippen LogP contribution in [0.5, 0.6) is 0 Å². The molecule has 0 unspecified atom stereocenters. The minimum Gasteiger partial charge on any atom is -0.343 e. The minimum absolute atomic E-state index is 0.154. The van der Waals surface area contributed by atoms with E-state index in [0.29, 0.717) is 23.8 Å². The number of nitrogens with zero attached hydrogens (tertiary/aromatic N) is 2. The van der Waals surface area contributed by atoms with E-state index >= 15 is 0 Å². The highest BCUT2D eigenvalue weighted by molar-refractivity contribution is 5.76. The Bertz CT molecular complexity index is 759. The fourth-order valence-electron chi connectivity index (χ4n) is 4.26. The first-order chi connectivity index (χ1) is 12.0. The summed E-state index contributed by atoms with van der Waals surface area (Å²) in [5.74, 6) is 0.171. The number of nitriles is 1. The first-order valence-electron chi connectivity index (χ1n) is 9.07. The second-order valence-electron chi connectivity index (χ2n) is 7.48. The van der Waals surface area contributed by atoms with Gasteiger partial charge in [0.05, 0.1) is 0 Å². The first-order valence-corrected chi connectivity index (χ1v) is 9.07. The van der Waals surface area contributed by atoms with Gasteiger partial charge in [0.25, 0.3) is 5.56 Å². The standard InChI is InChI=1S/C19H26N4O2/c1-13-15(14(2)22-18(25)16(13)11-20)3-4-17(24)23-9-6-19(7-10-23)5-8-21-12-19/h21H,3-10,12H2,1-2H3,(H,22,25). The molecule has 0 aromatic carbocycles. The van der Waals surface area contributed by atoms with Crippen molar-refractivity contribution in [2.75, 3.05) is 26.2 Å². The third-order valence-electron chi connectivity index (χ3n) is 6.02. The molecule has 0 radical (unpaired) electrons. The van der Waals surface area contributed by atoms with E-state index in [0.717, 1.165) is 50.3 Å². The highest BCUT2D eigenvalue weighted by Crippen LogP contribution is 2.37. The Morgan fingerprint density at radius 2 is 2.00 bits per heavy atom. The zero-order valence-corrected chi connectivity index (χ0v) is 15.1. The molecule has 6 heteroatoms. The zero-order valence-electron chi connectivity index (χ0n) is 15.1. The molecule has 2 aliphatic rings. The van der Waals surface area contributed by atoms with Crippen molar-refractivity contribution in [3.05, 3.63) is 32.7 Å². The summed E-state index contributed by atoms with van der Waals surface area (Å²) in [4.78, 5) is 29.1. The van der Waals surface area contributed by atoms with Crippen LogP contribution >= 0.6 is 0 Å². The zero-order chi connectivity index (χ0) is 18.0. The highest BCUT2D eigenvalue weighted by atomic mass is 16.2. The number of carbonyl (C=O) groups excluding carboxylic acids is 1. The number of amides is 1. The molecule has 0 bridgehead atoms. The van der Waals surface area contributed by atoms with Crippen LogP contribution in [-0.2, 0) is 11.2 Å². The molecule has 1 aromatic rings. The molecular weight excluding hydrogens is 316 g/mol. The Kier molecular flexibility index (Phi) is 4.96. The summed E-state index contributed by atoms with van der Waals surface area (Å²) in [6, 6.07) is 1.96. The fourth-order valence-corrected chi connectivity index (χ4v) is 4.26. The van der Waals surface area contributed by atoms with Crippen LogP contribution in [0.1, 0.15) is 48.1 Å². The van der Waals surface area contributed by atoms with Gasteiger partial charge in [-0.25, -0.2) is 0 Å². The maximum Gasteiger partial charge on any atom is 0.266 e. The van der Waals surface area contributed by atoms with Gasteiger partial charge in [0.2, 0.25) is 5.91 Å². The number of pyridine rings is 1. The van der Waals surface area contributed by atoms with Crippen LogP contribution in [0, 0.1) is 30.6 Å². The number of hydrogen-bond donors (Lipinski definition) is 2. The summed E-state index contributed by atoms with van der Waals surface area (Å²) >= 11 is 0. The normalized spacial score (nSPS) is 19.2. The monoisotopic (exact) mass is 342 g/mol. The highest BCUT2D eigenvalue weighted by Gasteiger charge is 2.37. The molecule has 2 N–H and O–H groups in total. The van der Waals surface area contributed by atoms with Crippen LogP contribution in [-0.4, -0.2) is 42.0 Å². The molecule has 1 spiro atoms. The molecule has 2 saturated heterocycles. The number of carbonyl (C=O) groups is 1. The van der Waals surface area contributed by atoms with Crippen LogP contribution in [0.4, 0.5) is 0 Å². The molecule has 0 saturated carbocycles. The van der Waals surface area contributed by atoms with Crippen molar-refractivity contribution in [2.24, 2.45) is 5.41 Å². The van der Waals surface area contributed by atoms with Crippen molar-refractivity contribution >= 4 is 5.91 Å². The average Bonchev–Trinajstić information content (AvgIpc) is 3.03. The molecule has 1 amide bonds. The van der Waals surface area contributed by atoms with Crippen molar-refractivity contribution in [3.63, 3.8) is 0 Å². The summed E-state index contributed by atoms with van der Waals surface area (Å²) < 4.78 is 0. The maximum atomic E-state index is 12.6. The van der Waals surface area contributed by atoms with Gasteiger partial charge in [0, 0.05) is 31.7 Å². The lowest BCUT2D eigenvalue weighted by Gasteiger charge is -2.39. The van der Waals surface area contributed by atoms with Gasteiger partial charge < -0.3 is 15.2 Å². The van der Waals surface area contributed by atoms with Crippen LogP contribution in [0.3, 0.4) is 0 Å². The van der Waals surface area contributed by atoms with Crippen molar-refractivity contribution < 1.29 is 4.79 Å². The van der Waals surface area contributed by atoms with Gasteiger partial charge in [0.15, 0.2) is 0 Å². The van der Waals surface area contributed by atoms with Gasteiger partial charge in [0.1, 0.15) is 11.6 Å². The fraction of sp³-hybridized carbons (Fsp3) is 0.632. The lowest BCUT2D eigenvalue weighted by atomic mass is 9.78. The number of aromatic nitrogens is 1. The Labute approximate surface area is 148 Å². The van der Waals surface area contributed by atoms with Gasteiger partial charge in [-0.3, -0.25) is 9.59 Å². The first kappa shape index (κ1) is 17.7. The summed E-state index contributed by atoms with van der Waals surface area (Å²) in [5.41, 5.74) is 2.58. The summed E-state index contributed by atoms with van der Waals surface area (Å²) in [6.07, 6.45) is 4.37. The number of piperidine rings is 1. The molecule has 6 nitrogen and oxygen atoms in total. The summed E-state index contributed by atoms with van der Waals surface area (Å²) in [7, 11) is 0. The molecule has 3 rings (SSSR count). The van der Waals surface area contributed by atoms with Gasteiger partial charge in [-0.1, -0.05) is 0 Å². The molecular formula is C19H26N4O2. The number of nitrogens with one attached hydrogen (secondary N) is 2. The van der Waals surface area contributed by atoms with Crippen LogP contribution in [0.2, 0.25) is 0 Å². The Morgan fingerprint density at radius 3 is 2.60 bits per heavy atom. The van der Waals surface area contributed by atoms with Crippen molar-refractivity contribution in [1.82, 2.24) is 15.2 Å². The van der Waals surface area contributed by atoms with Gasteiger partial charge in [-0.2, -0.15) is 5.26 Å². The van der Waals surface area contributed by atoms with Crippen molar-refractivity contribution in [3.8, 4) is 6.07 Å². The topological polar surface area (TPSA) is 89.0 Å². The van der Waals surface area contributed by atoms with Crippen molar-refractivity contribution in [2.45, 2.75) is 46.0 Å². The van der Waals surface area contributed by atoms with Crippen LogP contribution < -0.4 is 10.9 Å². The SMILES string of the molecule is Cc1[nH]c(=O)c(C#N)c(C)c1CCC(=O)N1CCC2(CCNC2)CC1. The Morgan fingerprint density at radius 1 is 1.28 bits per heavy atom. The minimum atomic E-state index is -0.348. The molecule has 2 fully saturated rings. The number of aryl methyl sites for hydroxylation is 1. The summed E-state index contributed by atoms with van der Waals surface area (Å²) in [5, 5.41) is 12.6. The maximum absolute atomic E-state index is 12.6. The molecule has 2 aliphatic heterocycles. The lowest BCUT2D eigenvalue weighted by Crippen LogP contribution is -2.44. The number of hydrogen-bond acceptors (Lipinski definition) is 4. The van der Waals surface area contributed by atoms with E-state index in [1.54, 1.807) is 6.92 Å². The number of rotatable bonds is 3. The number of likely N-dealkylation sites (tertiary alicyclic amines) is 1. The van der Waals surface area contributed by atoms with E-state index in [-0.39, 0.29) is 17.0 Å². The van der Waals surface area contributed by atoms with Gasteiger partial charge >= 0.3 is 0 Å². The van der Waals surface area contributed by atoms with E-state index in [4.69, 9.17) is 5.26 Å². The Balaban J connectivity index is 1.62. The number of H-pyrrole nitrogens is 1.